The van der Waals surface area contributed by atoms with E-state index in [4.69, 9.17) is 5.10 Å². The lowest BCUT2D eigenvalue weighted by Gasteiger charge is -2.24. The lowest BCUT2D eigenvalue weighted by Crippen LogP contribution is -2.21. The molecule has 4 aromatic rings. The molecule has 0 bridgehead atoms. The maximum atomic E-state index is 13.2. The monoisotopic (exact) mass is 496 g/mol. The zero-order chi connectivity index (χ0) is 26.1. The van der Waals surface area contributed by atoms with Gasteiger partial charge in [-0.05, 0) is 60.9 Å². The minimum absolute atomic E-state index is 0.115. The molecule has 1 amide bonds. The summed E-state index contributed by atoms with van der Waals surface area (Å²) in [4.78, 5) is 13.2. The van der Waals surface area contributed by atoms with E-state index in [0.717, 1.165) is 40.2 Å². The summed E-state index contributed by atoms with van der Waals surface area (Å²) in [5.74, 6) is -0.115. The van der Waals surface area contributed by atoms with Gasteiger partial charge in [0.15, 0.2) is 0 Å². The van der Waals surface area contributed by atoms with Crippen LogP contribution in [0.15, 0.2) is 125 Å². The highest BCUT2D eigenvalue weighted by Gasteiger charge is 2.30. The maximum absolute atomic E-state index is 13.2. The number of hydrazone groups is 2. The van der Waals surface area contributed by atoms with Crippen LogP contribution >= 0.6 is 0 Å². The first-order valence-corrected chi connectivity index (χ1v) is 12.8. The number of benzene rings is 4. The first-order valence-electron chi connectivity index (χ1n) is 12.8. The van der Waals surface area contributed by atoms with Crippen LogP contribution in [0.3, 0.4) is 0 Å². The SMILES string of the molecule is CC1=NN(c2ccc(C)cc2)C(=O)/C1=C/c1ccc(N2N=C(c3ccccc3)C[C@@H]2c2ccccc2)cc1. The van der Waals surface area contributed by atoms with Crippen molar-refractivity contribution in [3.8, 4) is 0 Å². The molecule has 0 aliphatic carbocycles. The second-order valence-electron chi connectivity index (χ2n) is 9.68. The Bertz CT molecular complexity index is 1550. The van der Waals surface area contributed by atoms with Gasteiger partial charge in [-0.25, -0.2) is 0 Å². The average Bonchev–Trinajstić information content (AvgIpc) is 3.53. The van der Waals surface area contributed by atoms with Crippen molar-refractivity contribution >= 4 is 34.8 Å². The van der Waals surface area contributed by atoms with E-state index < -0.39 is 0 Å². The first kappa shape index (κ1) is 23.6. The fourth-order valence-corrected chi connectivity index (χ4v) is 4.92. The van der Waals surface area contributed by atoms with Crippen molar-refractivity contribution in [2.75, 3.05) is 10.0 Å². The van der Waals surface area contributed by atoms with Crippen molar-refractivity contribution < 1.29 is 4.79 Å². The third-order valence-corrected chi connectivity index (χ3v) is 7.01. The molecule has 38 heavy (non-hydrogen) atoms. The Morgan fingerprint density at radius 1 is 0.737 bits per heavy atom. The Labute approximate surface area is 223 Å². The lowest BCUT2D eigenvalue weighted by molar-refractivity contribution is -0.114. The molecule has 5 nitrogen and oxygen atoms in total. The minimum atomic E-state index is -0.115. The van der Waals surface area contributed by atoms with E-state index >= 15 is 0 Å². The van der Waals surface area contributed by atoms with Crippen molar-refractivity contribution in [2.24, 2.45) is 10.2 Å². The van der Waals surface area contributed by atoms with E-state index in [-0.39, 0.29) is 11.9 Å². The normalized spacial score (nSPS) is 18.2. The standard InChI is InChI=1S/C33H28N4O/c1-23-13-17-29(18-14-23)37-33(38)30(24(2)34-37)21-25-15-19-28(20-16-25)36-32(27-11-7-4-8-12-27)22-31(35-36)26-9-5-3-6-10-26/h3-21,32H,22H2,1-2H3/b30-21+/t32-/m1/s1. The number of rotatable bonds is 5. The molecule has 2 aliphatic heterocycles. The molecule has 4 aromatic carbocycles. The molecule has 5 heteroatoms. The van der Waals surface area contributed by atoms with E-state index in [1.165, 1.54) is 10.6 Å². The van der Waals surface area contributed by atoms with Crippen molar-refractivity contribution in [2.45, 2.75) is 26.3 Å². The van der Waals surface area contributed by atoms with Gasteiger partial charge >= 0.3 is 0 Å². The zero-order valence-corrected chi connectivity index (χ0v) is 21.5. The van der Waals surface area contributed by atoms with Gasteiger partial charge in [0.25, 0.3) is 5.91 Å². The smallest absolute Gasteiger partial charge is 0.267 e. The molecule has 0 N–H and O–H groups in total. The molecule has 2 aliphatic rings. The summed E-state index contributed by atoms with van der Waals surface area (Å²) in [7, 11) is 0. The molecule has 6 rings (SSSR count). The first-order chi connectivity index (χ1) is 18.6. The Kier molecular flexibility index (Phi) is 6.18. The van der Waals surface area contributed by atoms with Crippen LogP contribution in [-0.2, 0) is 4.79 Å². The predicted molar refractivity (Wildman–Crippen MR) is 155 cm³/mol. The largest absolute Gasteiger partial charge is 0.280 e. The van der Waals surface area contributed by atoms with Gasteiger partial charge in [0.2, 0.25) is 0 Å². The number of carbonyl (C=O) groups is 1. The Balaban J connectivity index is 1.28. The fraction of sp³-hybridized carbons (Fsp3) is 0.121. The summed E-state index contributed by atoms with van der Waals surface area (Å²) in [6, 6.07) is 37.0. The second-order valence-corrected chi connectivity index (χ2v) is 9.68. The number of amides is 1. The minimum Gasteiger partial charge on any atom is -0.267 e. The number of aryl methyl sites for hydroxylation is 1. The molecule has 186 valence electrons. The molecule has 0 aromatic heterocycles. The molecule has 0 unspecified atom stereocenters. The van der Waals surface area contributed by atoms with E-state index in [9.17, 15) is 4.79 Å². The maximum Gasteiger partial charge on any atom is 0.280 e. The summed E-state index contributed by atoms with van der Waals surface area (Å²) < 4.78 is 0. The molecule has 1 atom stereocenters. The zero-order valence-electron chi connectivity index (χ0n) is 21.5. The van der Waals surface area contributed by atoms with E-state index in [1.54, 1.807) is 0 Å². The van der Waals surface area contributed by atoms with Crippen LogP contribution in [0, 0.1) is 6.92 Å². The van der Waals surface area contributed by atoms with Crippen LogP contribution in [-0.4, -0.2) is 17.3 Å². The van der Waals surface area contributed by atoms with Crippen LogP contribution in [0.1, 0.15) is 41.6 Å². The highest BCUT2D eigenvalue weighted by molar-refractivity contribution is 6.32. The van der Waals surface area contributed by atoms with Crippen LogP contribution in [0.2, 0.25) is 0 Å². The Morgan fingerprint density at radius 3 is 2.05 bits per heavy atom. The van der Waals surface area contributed by atoms with Crippen molar-refractivity contribution in [3.63, 3.8) is 0 Å². The van der Waals surface area contributed by atoms with Crippen LogP contribution < -0.4 is 10.0 Å². The highest BCUT2D eigenvalue weighted by atomic mass is 16.2. The second kappa shape index (κ2) is 9.94. The quantitative estimate of drug-likeness (QED) is 0.275. The highest BCUT2D eigenvalue weighted by Crippen LogP contribution is 2.37. The number of anilines is 2. The third kappa shape index (κ3) is 4.55. The average molecular weight is 497 g/mol. The Morgan fingerprint density at radius 2 is 1.37 bits per heavy atom. The van der Waals surface area contributed by atoms with Gasteiger partial charge in [-0.2, -0.15) is 15.2 Å². The topological polar surface area (TPSA) is 48.3 Å². The van der Waals surface area contributed by atoms with Crippen molar-refractivity contribution in [3.05, 3.63) is 137 Å². The molecule has 0 saturated heterocycles. The molecule has 0 saturated carbocycles. The van der Waals surface area contributed by atoms with Crippen LogP contribution in [0.5, 0.6) is 0 Å². The van der Waals surface area contributed by atoms with Gasteiger partial charge < -0.3 is 0 Å². The fourth-order valence-electron chi connectivity index (χ4n) is 4.92. The number of carbonyl (C=O) groups excluding carboxylic acids is 1. The Hall–Kier alpha value is -4.77. The van der Waals surface area contributed by atoms with Crippen molar-refractivity contribution in [1.82, 2.24) is 0 Å². The summed E-state index contributed by atoms with van der Waals surface area (Å²) in [6.07, 6.45) is 2.75. The summed E-state index contributed by atoms with van der Waals surface area (Å²) in [6.45, 7) is 3.90. The molecular formula is C33H28N4O. The lowest BCUT2D eigenvalue weighted by atomic mass is 9.98. The summed E-state index contributed by atoms with van der Waals surface area (Å²) >= 11 is 0. The number of hydrogen-bond donors (Lipinski definition) is 0. The molecular weight excluding hydrogens is 468 g/mol. The van der Waals surface area contributed by atoms with Crippen molar-refractivity contribution in [1.29, 1.82) is 0 Å². The predicted octanol–water partition coefficient (Wildman–Crippen LogP) is 7.16. The van der Waals surface area contributed by atoms with Gasteiger partial charge in [-0.3, -0.25) is 9.80 Å². The van der Waals surface area contributed by atoms with E-state index in [2.05, 4.69) is 70.8 Å². The molecule has 2 heterocycles. The van der Waals surface area contributed by atoms with Crippen LogP contribution in [0.25, 0.3) is 6.08 Å². The van der Waals surface area contributed by atoms with Crippen LogP contribution in [0.4, 0.5) is 11.4 Å². The summed E-state index contributed by atoms with van der Waals surface area (Å²) in [5.41, 5.74) is 8.63. The van der Waals surface area contributed by atoms with Gasteiger partial charge in [0, 0.05) is 6.42 Å². The van der Waals surface area contributed by atoms with E-state index in [0.29, 0.717) is 11.3 Å². The molecule has 0 spiro atoms. The number of nitrogens with zero attached hydrogens (tertiary/aromatic N) is 4. The van der Waals surface area contributed by atoms with Gasteiger partial charge in [0.05, 0.1) is 34.4 Å². The van der Waals surface area contributed by atoms with Gasteiger partial charge in [-0.1, -0.05) is 90.5 Å². The van der Waals surface area contributed by atoms with Gasteiger partial charge in [-0.15, -0.1) is 0 Å². The number of hydrogen-bond acceptors (Lipinski definition) is 4. The molecule has 0 radical (unpaired) electrons. The van der Waals surface area contributed by atoms with Gasteiger partial charge in [0.1, 0.15) is 0 Å². The summed E-state index contributed by atoms with van der Waals surface area (Å²) in [5, 5.41) is 13.2. The van der Waals surface area contributed by atoms with E-state index in [1.807, 2.05) is 68.5 Å². The third-order valence-electron chi connectivity index (χ3n) is 7.01. The molecule has 0 fully saturated rings.